The first kappa shape index (κ1) is 16.7. The molecule has 7 heteroatoms. The average Bonchev–Trinajstić information content (AvgIpc) is 2.60. The highest BCUT2D eigenvalue weighted by Gasteiger charge is 2.02. The molecule has 23 heavy (non-hydrogen) atoms. The van der Waals surface area contributed by atoms with Crippen LogP contribution in [-0.4, -0.2) is 34.4 Å². The minimum Gasteiger partial charge on any atom is -0.490 e. The maximum atomic E-state index is 11.6. The standard InChI is InChI=1S/C16H16N4O2S/c1-2-10-22-14-6-4-13(5-7-14)11-19-20-15(21)12-23-16-17-8-3-9-18-16/h2-9,11H,1,10,12H2,(H,20,21)/b19-11+. The van der Waals surface area contributed by atoms with Gasteiger partial charge in [0, 0.05) is 12.4 Å². The number of hydrazone groups is 1. The van der Waals surface area contributed by atoms with Crippen molar-refractivity contribution in [2.75, 3.05) is 12.4 Å². The summed E-state index contributed by atoms with van der Waals surface area (Å²) in [6, 6.07) is 9.08. The number of nitrogens with one attached hydrogen (secondary N) is 1. The molecule has 1 N–H and O–H groups in total. The summed E-state index contributed by atoms with van der Waals surface area (Å²) < 4.78 is 5.38. The maximum absolute atomic E-state index is 11.6. The van der Waals surface area contributed by atoms with Gasteiger partial charge in [0.15, 0.2) is 5.16 Å². The Labute approximate surface area is 138 Å². The third kappa shape index (κ3) is 6.31. The van der Waals surface area contributed by atoms with Crippen LogP contribution in [0.25, 0.3) is 0 Å². The van der Waals surface area contributed by atoms with Gasteiger partial charge in [0.25, 0.3) is 5.91 Å². The van der Waals surface area contributed by atoms with Gasteiger partial charge in [-0.3, -0.25) is 4.79 Å². The number of ether oxygens (including phenoxy) is 1. The Kier molecular flexibility index (Phi) is 6.80. The summed E-state index contributed by atoms with van der Waals surface area (Å²) in [4.78, 5) is 19.7. The van der Waals surface area contributed by atoms with Gasteiger partial charge in [0.05, 0.1) is 12.0 Å². The molecule has 0 aliphatic carbocycles. The zero-order chi connectivity index (χ0) is 16.3. The third-order valence-corrected chi connectivity index (χ3v) is 3.40. The number of amides is 1. The lowest BCUT2D eigenvalue weighted by atomic mass is 10.2. The average molecular weight is 328 g/mol. The van der Waals surface area contributed by atoms with Gasteiger partial charge in [-0.1, -0.05) is 24.4 Å². The number of carbonyl (C=O) groups is 1. The zero-order valence-electron chi connectivity index (χ0n) is 12.4. The molecule has 2 rings (SSSR count). The topological polar surface area (TPSA) is 76.5 Å². The lowest BCUT2D eigenvalue weighted by Gasteiger charge is -2.02. The van der Waals surface area contributed by atoms with E-state index >= 15 is 0 Å². The smallest absolute Gasteiger partial charge is 0.250 e. The van der Waals surface area contributed by atoms with Gasteiger partial charge in [-0.15, -0.1) is 0 Å². The van der Waals surface area contributed by atoms with Crippen LogP contribution in [0, 0.1) is 0 Å². The first-order valence-electron chi connectivity index (χ1n) is 6.83. The van der Waals surface area contributed by atoms with Crippen LogP contribution < -0.4 is 10.2 Å². The molecule has 2 aromatic rings. The van der Waals surface area contributed by atoms with E-state index in [-0.39, 0.29) is 11.7 Å². The molecule has 0 aliphatic rings. The van der Waals surface area contributed by atoms with Crippen LogP contribution >= 0.6 is 11.8 Å². The van der Waals surface area contributed by atoms with E-state index in [4.69, 9.17) is 4.74 Å². The second-order valence-corrected chi connectivity index (χ2v) is 5.22. The Morgan fingerprint density at radius 2 is 2.04 bits per heavy atom. The van der Waals surface area contributed by atoms with Crippen LogP contribution in [0.4, 0.5) is 0 Å². The molecular weight excluding hydrogens is 312 g/mol. The molecule has 0 unspecified atom stereocenters. The minimum atomic E-state index is -0.218. The van der Waals surface area contributed by atoms with E-state index in [1.165, 1.54) is 11.8 Å². The zero-order valence-corrected chi connectivity index (χ0v) is 13.2. The summed E-state index contributed by atoms with van der Waals surface area (Å²) in [6.07, 6.45) is 6.52. The third-order valence-electron chi connectivity index (χ3n) is 2.53. The Balaban J connectivity index is 1.74. The highest BCUT2D eigenvalue weighted by atomic mass is 32.2. The van der Waals surface area contributed by atoms with Crippen molar-refractivity contribution in [3.8, 4) is 5.75 Å². The number of carbonyl (C=O) groups excluding carboxylic acids is 1. The van der Waals surface area contributed by atoms with E-state index < -0.39 is 0 Å². The fourth-order valence-electron chi connectivity index (χ4n) is 1.51. The van der Waals surface area contributed by atoms with Crippen molar-refractivity contribution in [2.24, 2.45) is 5.10 Å². The van der Waals surface area contributed by atoms with Crippen LogP contribution in [0.15, 0.2) is 65.6 Å². The molecule has 6 nitrogen and oxygen atoms in total. The number of nitrogens with zero attached hydrogens (tertiary/aromatic N) is 3. The Morgan fingerprint density at radius 1 is 1.30 bits per heavy atom. The highest BCUT2D eigenvalue weighted by Crippen LogP contribution is 2.11. The molecule has 118 valence electrons. The van der Waals surface area contributed by atoms with Crippen molar-refractivity contribution in [3.63, 3.8) is 0 Å². The van der Waals surface area contributed by atoms with Crippen molar-refractivity contribution in [1.82, 2.24) is 15.4 Å². The number of benzene rings is 1. The van der Waals surface area contributed by atoms with Crippen LogP contribution in [0.1, 0.15) is 5.56 Å². The first-order valence-corrected chi connectivity index (χ1v) is 7.82. The fourth-order valence-corrected chi connectivity index (χ4v) is 2.10. The van der Waals surface area contributed by atoms with E-state index in [0.717, 1.165) is 11.3 Å². The van der Waals surface area contributed by atoms with E-state index in [1.807, 2.05) is 24.3 Å². The Bertz CT molecular complexity index is 660. The molecule has 0 aliphatic heterocycles. The number of rotatable bonds is 8. The molecular formula is C16H16N4O2S. The first-order chi connectivity index (χ1) is 11.3. The molecule has 0 spiro atoms. The number of hydrogen-bond acceptors (Lipinski definition) is 6. The molecule has 1 aromatic carbocycles. The van der Waals surface area contributed by atoms with Crippen molar-refractivity contribution in [2.45, 2.75) is 5.16 Å². The van der Waals surface area contributed by atoms with Crippen LogP contribution in [0.2, 0.25) is 0 Å². The second kappa shape index (κ2) is 9.37. The van der Waals surface area contributed by atoms with Crippen molar-refractivity contribution in [1.29, 1.82) is 0 Å². The summed E-state index contributed by atoms with van der Waals surface area (Å²) in [7, 11) is 0. The molecule has 0 bridgehead atoms. The van der Waals surface area contributed by atoms with Gasteiger partial charge in [-0.05, 0) is 35.9 Å². The molecule has 0 fully saturated rings. The summed E-state index contributed by atoms with van der Waals surface area (Å²) in [6.45, 7) is 4.05. The Hall–Kier alpha value is -2.67. The van der Waals surface area contributed by atoms with E-state index in [2.05, 4.69) is 27.1 Å². The summed E-state index contributed by atoms with van der Waals surface area (Å²) in [5, 5.41) is 4.47. The van der Waals surface area contributed by atoms with Crippen LogP contribution in [-0.2, 0) is 4.79 Å². The van der Waals surface area contributed by atoms with Crippen molar-refractivity contribution < 1.29 is 9.53 Å². The Morgan fingerprint density at radius 3 is 2.74 bits per heavy atom. The monoisotopic (exact) mass is 328 g/mol. The lowest BCUT2D eigenvalue weighted by Crippen LogP contribution is -2.19. The van der Waals surface area contributed by atoms with Gasteiger partial charge in [-0.25, -0.2) is 15.4 Å². The summed E-state index contributed by atoms with van der Waals surface area (Å²) in [5.41, 5.74) is 3.32. The molecule has 1 heterocycles. The fraction of sp³-hybridized carbons (Fsp3) is 0.125. The largest absolute Gasteiger partial charge is 0.490 e. The minimum absolute atomic E-state index is 0.204. The second-order valence-electron chi connectivity index (χ2n) is 4.28. The molecule has 1 aromatic heterocycles. The number of thioether (sulfide) groups is 1. The van der Waals surface area contributed by atoms with Gasteiger partial charge in [-0.2, -0.15) is 5.10 Å². The predicted molar refractivity (Wildman–Crippen MR) is 90.6 cm³/mol. The van der Waals surface area contributed by atoms with Crippen molar-refractivity contribution >= 4 is 23.9 Å². The predicted octanol–water partition coefficient (Wildman–Crippen LogP) is 2.28. The van der Waals surface area contributed by atoms with Gasteiger partial charge >= 0.3 is 0 Å². The van der Waals surface area contributed by atoms with Gasteiger partial charge < -0.3 is 4.74 Å². The van der Waals surface area contributed by atoms with Gasteiger partial charge in [0.1, 0.15) is 12.4 Å². The van der Waals surface area contributed by atoms with Gasteiger partial charge in [0.2, 0.25) is 0 Å². The van der Waals surface area contributed by atoms with E-state index in [1.54, 1.807) is 30.8 Å². The van der Waals surface area contributed by atoms with E-state index in [9.17, 15) is 4.79 Å². The molecule has 0 atom stereocenters. The van der Waals surface area contributed by atoms with Crippen LogP contribution in [0.3, 0.4) is 0 Å². The SMILES string of the molecule is C=CCOc1ccc(/C=N/NC(=O)CSc2ncccn2)cc1. The normalized spacial score (nSPS) is 10.4. The summed E-state index contributed by atoms with van der Waals surface area (Å²) >= 11 is 1.25. The molecule has 1 amide bonds. The van der Waals surface area contributed by atoms with Crippen LogP contribution in [0.5, 0.6) is 5.75 Å². The highest BCUT2D eigenvalue weighted by molar-refractivity contribution is 7.99. The number of aromatic nitrogens is 2. The quantitative estimate of drug-likeness (QED) is 0.264. The number of hydrogen-bond donors (Lipinski definition) is 1. The van der Waals surface area contributed by atoms with Crippen molar-refractivity contribution in [3.05, 3.63) is 60.9 Å². The summed E-state index contributed by atoms with van der Waals surface area (Å²) in [5.74, 6) is 0.741. The lowest BCUT2D eigenvalue weighted by molar-refractivity contribution is -0.118. The van der Waals surface area contributed by atoms with E-state index in [0.29, 0.717) is 11.8 Å². The molecule has 0 saturated carbocycles. The maximum Gasteiger partial charge on any atom is 0.250 e. The molecule has 0 radical (unpaired) electrons. The molecule has 0 saturated heterocycles.